The Morgan fingerprint density at radius 1 is 1.00 bits per heavy atom. The van der Waals surface area contributed by atoms with Gasteiger partial charge in [-0.15, -0.1) is 0 Å². The molecule has 0 heterocycles. The fraction of sp³-hybridized carbons (Fsp3) is 0.333. The van der Waals surface area contributed by atoms with E-state index in [4.69, 9.17) is 10.5 Å². The van der Waals surface area contributed by atoms with Crippen molar-refractivity contribution in [1.82, 2.24) is 0 Å². The molecule has 2 unspecified atom stereocenters. The van der Waals surface area contributed by atoms with Crippen molar-refractivity contribution < 1.29 is 9.84 Å². The molecule has 0 aromatic heterocycles. The minimum atomic E-state index is -0.684. The van der Waals surface area contributed by atoms with Crippen molar-refractivity contribution >= 4 is 0 Å². The van der Waals surface area contributed by atoms with E-state index in [-0.39, 0.29) is 12.6 Å². The van der Waals surface area contributed by atoms with Gasteiger partial charge in [0.05, 0.1) is 0 Å². The Morgan fingerprint density at radius 3 is 2.29 bits per heavy atom. The van der Waals surface area contributed by atoms with Crippen LogP contribution >= 0.6 is 0 Å². The second kappa shape index (κ2) is 7.81. The standard InChI is InChI=1S/C18H23NO2/c1-2-14-8-10-16(11-9-14)21-13-18(20)17(19)12-15-6-4-3-5-7-15/h3-11,17-18,20H,2,12-13,19H2,1H3. The quantitative estimate of drug-likeness (QED) is 0.822. The molecule has 0 aliphatic carbocycles. The highest BCUT2D eigenvalue weighted by molar-refractivity contribution is 5.27. The molecular formula is C18H23NO2. The molecule has 2 aromatic rings. The Hall–Kier alpha value is -1.84. The Morgan fingerprint density at radius 2 is 1.67 bits per heavy atom. The van der Waals surface area contributed by atoms with Crippen LogP contribution in [0.2, 0.25) is 0 Å². The van der Waals surface area contributed by atoms with Gasteiger partial charge in [0, 0.05) is 6.04 Å². The minimum absolute atomic E-state index is 0.208. The number of aliphatic hydroxyl groups is 1. The number of aliphatic hydroxyl groups excluding tert-OH is 1. The molecule has 3 heteroatoms. The lowest BCUT2D eigenvalue weighted by molar-refractivity contribution is 0.0851. The van der Waals surface area contributed by atoms with Crippen molar-refractivity contribution in [2.45, 2.75) is 31.9 Å². The fourth-order valence-corrected chi connectivity index (χ4v) is 2.15. The lowest BCUT2D eigenvalue weighted by Crippen LogP contribution is -2.40. The van der Waals surface area contributed by atoms with Gasteiger partial charge in [0.1, 0.15) is 18.5 Å². The molecule has 2 aromatic carbocycles. The molecule has 0 aliphatic heterocycles. The third-order valence-electron chi connectivity index (χ3n) is 3.56. The summed E-state index contributed by atoms with van der Waals surface area (Å²) in [5.41, 5.74) is 8.42. The van der Waals surface area contributed by atoms with E-state index in [2.05, 4.69) is 6.92 Å². The SMILES string of the molecule is CCc1ccc(OCC(O)C(N)Cc2ccccc2)cc1. The maximum Gasteiger partial charge on any atom is 0.119 e. The molecular weight excluding hydrogens is 262 g/mol. The van der Waals surface area contributed by atoms with E-state index in [9.17, 15) is 5.11 Å². The summed E-state index contributed by atoms with van der Waals surface area (Å²) in [7, 11) is 0. The van der Waals surface area contributed by atoms with Crippen molar-refractivity contribution in [3.8, 4) is 5.75 Å². The van der Waals surface area contributed by atoms with Crippen LogP contribution in [0.4, 0.5) is 0 Å². The number of benzene rings is 2. The fourth-order valence-electron chi connectivity index (χ4n) is 2.15. The van der Waals surface area contributed by atoms with Crippen LogP contribution in [0.3, 0.4) is 0 Å². The predicted octanol–water partition coefficient (Wildman–Crippen LogP) is 2.56. The smallest absolute Gasteiger partial charge is 0.119 e. The van der Waals surface area contributed by atoms with Crippen LogP contribution in [0.1, 0.15) is 18.1 Å². The Labute approximate surface area is 126 Å². The van der Waals surface area contributed by atoms with Gasteiger partial charge in [-0.25, -0.2) is 0 Å². The van der Waals surface area contributed by atoms with Crippen LogP contribution < -0.4 is 10.5 Å². The molecule has 21 heavy (non-hydrogen) atoms. The molecule has 2 rings (SSSR count). The van der Waals surface area contributed by atoms with Crippen molar-refractivity contribution in [2.24, 2.45) is 5.73 Å². The Kier molecular flexibility index (Phi) is 5.78. The normalized spacial score (nSPS) is 13.7. The topological polar surface area (TPSA) is 55.5 Å². The monoisotopic (exact) mass is 285 g/mol. The number of hydrogen-bond acceptors (Lipinski definition) is 3. The average Bonchev–Trinajstić information content (AvgIpc) is 2.54. The van der Waals surface area contributed by atoms with Gasteiger partial charge in [-0.2, -0.15) is 0 Å². The van der Waals surface area contributed by atoms with Gasteiger partial charge < -0.3 is 15.6 Å². The second-order valence-corrected chi connectivity index (χ2v) is 5.23. The lowest BCUT2D eigenvalue weighted by atomic mass is 10.0. The highest BCUT2D eigenvalue weighted by atomic mass is 16.5. The molecule has 0 amide bonds. The van der Waals surface area contributed by atoms with E-state index in [1.807, 2.05) is 54.6 Å². The molecule has 0 bridgehead atoms. The van der Waals surface area contributed by atoms with E-state index in [0.717, 1.165) is 17.7 Å². The van der Waals surface area contributed by atoms with Gasteiger partial charge in [0.25, 0.3) is 0 Å². The summed E-state index contributed by atoms with van der Waals surface area (Å²) in [6.45, 7) is 2.32. The third-order valence-corrected chi connectivity index (χ3v) is 3.56. The zero-order chi connectivity index (χ0) is 15.1. The first-order valence-corrected chi connectivity index (χ1v) is 7.38. The van der Waals surface area contributed by atoms with Gasteiger partial charge >= 0.3 is 0 Å². The maximum atomic E-state index is 10.1. The first kappa shape index (κ1) is 15.5. The zero-order valence-electron chi connectivity index (χ0n) is 12.4. The molecule has 2 atom stereocenters. The summed E-state index contributed by atoms with van der Waals surface area (Å²) in [5, 5.41) is 10.1. The molecule has 3 nitrogen and oxygen atoms in total. The molecule has 112 valence electrons. The Balaban J connectivity index is 1.81. The first-order chi connectivity index (χ1) is 10.2. The summed E-state index contributed by atoms with van der Waals surface area (Å²) in [4.78, 5) is 0. The summed E-state index contributed by atoms with van der Waals surface area (Å²) in [6, 6.07) is 17.5. The predicted molar refractivity (Wildman–Crippen MR) is 85.4 cm³/mol. The van der Waals surface area contributed by atoms with Gasteiger partial charge in [0.15, 0.2) is 0 Å². The van der Waals surface area contributed by atoms with Crippen LogP contribution in [0.25, 0.3) is 0 Å². The number of aryl methyl sites for hydroxylation is 1. The molecule has 0 spiro atoms. The largest absolute Gasteiger partial charge is 0.491 e. The summed E-state index contributed by atoms with van der Waals surface area (Å²) in [5.74, 6) is 0.762. The number of rotatable bonds is 7. The van der Waals surface area contributed by atoms with E-state index >= 15 is 0 Å². The average molecular weight is 285 g/mol. The lowest BCUT2D eigenvalue weighted by Gasteiger charge is -2.19. The van der Waals surface area contributed by atoms with E-state index in [1.54, 1.807) is 0 Å². The summed E-state index contributed by atoms with van der Waals surface area (Å²) >= 11 is 0. The van der Waals surface area contributed by atoms with Gasteiger partial charge in [-0.3, -0.25) is 0 Å². The zero-order valence-corrected chi connectivity index (χ0v) is 12.4. The van der Waals surface area contributed by atoms with Gasteiger partial charge in [-0.1, -0.05) is 49.4 Å². The van der Waals surface area contributed by atoms with Gasteiger partial charge in [0.2, 0.25) is 0 Å². The molecule has 0 radical (unpaired) electrons. The van der Waals surface area contributed by atoms with Crippen LogP contribution in [0, 0.1) is 0 Å². The first-order valence-electron chi connectivity index (χ1n) is 7.38. The van der Waals surface area contributed by atoms with Crippen LogP contribution in [0.5, 0.6) is 5.75 Å². The second-order valence-electron chi connectivity index (χ2n) is 5.23. The highest BCUT2D eigenvalue weighted by Gasteiger charge is 2.16. The molecule has 3 N–H and O–H groups in total. The Bertz CT molecular complexity index is 525. The van der Waals surface area contributed by atoms with Crippen molar-refractivity contribution in [3.63, 3.8) is 0 Å². The van der Waals surface area contributed by atoms with Crippen molar-refractivity contribution in [1.29, 1.82) is 0 Å². The van der Waals surface area contributed by atoms with Crippen LogP contribution in [-0.2, 0) is 12.8 Å². The van der Waals surface area contributed by atoms with Crippen LogP contribution in [0.15, 0.2) is 54.6 Å². The van der Waals surface area contributed by atoms with Gasteiger partial charge in [-0.05, 0) is 36.1 Å². The van der Waals surface area contributed by atoms with E-state index in [1.165, 1.54) is 5.56 Å². The molecule has 0 aliphatic rings. The number of nitrogens with two attached hydrogens (primary N) is 1. The van der Waals surface area contributed by atoms with Crippen LogP contribution in [-0.4, -0.2) is 23.9 Å². The maximum absolute atomic E-state index is 10.1. The van der Waals surface area contributed by atoms with E-state index < -0.39 is 6.10 Å². The molecule has 0 fully saturated rings. The van der Waals surface area contributed by atoms with Crippen molar-refractivity contribution in [2.75, 3.05) is 6.61 Å². The van der Waals surface area contributed by atoms with Crippen molar-refractivity contribution in [3.05, 3.63) is 65.7 Å². The number of ether oxygens (including phenoxy) is 1. The minimum Gasteiger partial charge on any atom is -0.491 e. The number of hydrogen-bond donors (Lipinski definition) is 2. The summed E-state index contributed by atoms with van der Waals surface area (Å²) < 4.78 is 5.60. The third kappa shape index (κ3) is 4.88. The van der Waals surface area contributed by atoms with E-state index in [0.29, 0.717) is 6.42 Å². The highest BCUT2D eigenvalue weighted by Crippen LogP contribution is 2.13. The molecule has 0 saturated carbocycles. The molecule has 0 saturated heterocycles. The summed E-state index contributed by atoms with van der Waals surface area (Å²) in [6.07, 6.45) is 0.960.